The predicted molar refractivity (Wildman–Crippen MR) is 111 cm³/mol. The fourth-order valence-electron chi connectivity index (χ4n) is 2.68. The van der Waals surface area contributed by atoms with Gasteiger partial charge in [-0.2, -0.15) is 0 Å². The molecule has 0 spiro atoms. The molecule has 0 fully saturated rings. The van der Waals surface area contributed by atoms with Crippen LogP contribution in [-0.2, 0) is 9.53 Å². The summed E-state index contributed by atoms with van der Waals surface area (Å²) < 4.78 is 23.6. The van der Waals surface area contributed by atoms with Gasteiger partial charge in [0.2, 0.25) is 0 Å². The number of carbonyl (C=O) groups is 2. The van der Waals surface area contributed by atoms with Crippen LogP contribution in [0.1, 0.15) is 15.9 Å². The summed E-state index contributed by atoms with van der Waals surface area (Å²) >= 11 is 7.09. The van der Waals surface area contributed by atoms with Crippen LogP contribution in [0.25, 0.3) is 11.1 Å². The van der Waals surface area contributed by atoms with Gasteiger partial charge in [-0.25, -0.2) is 9.18 Å². The van der Waals surface area contributed by atoms with Crippen molar-refractivity contribution in [3.05, 3.63) is 69.8 Å². The highest BCUT2D eigenvalue weighted by Gasteiger charge is 2.22. The molecular weight excluding hydrogens is 417 g/mol. The Bertz CT molecular complexity index is 1050. The van der Waals surface area contributed by atoms with E-state index in [1.54, 1.807) is 35.7 Å². The number of thiophene rings is 1. The quantitative estimate of drug-likeness (QED) is 0.534. The Hall–Kier alpha value is -2.90. The fraction of sp³-hybridized carbons (Fsp3) is 0.143. The van der Waals surface area contributed by atoms with E-state index in [1.165, 1.54) is 30.6 Å². The number of rotatable bonds is 6. The first kappa shape index (κ1) is 20.8. The van der Waals surface area contributed by atoms with Crippen molar-refractivity contribution in [1.29, 1.82) is 0 Å². The summed E-state index contributed by atoms with van der Waals surface area (Å²) in [6.45, 7) is 1.58. The molecule has 3 aromatic rings. The van der Waals surface area contributed by atoms with Crippen molar-refractivity contribution >= 4 is 39.8 Å². The van der Waals surface area contributed by atoms with Gasteiger partial charge in [0.15, 0.2) is 6.61 Å². The smallest absolute Gasteiger partial charge is 0.341 e. The molecule has 0 bridgehead atoms. The molecule has 1 heterocycles. The zero-order chi connectivity index (χ0) is 21.0. The number of anilines is 1. The van der Waals surface area contributed by atoms with Gasteiger partial charge in [0.05, 0.1) is 7.11 Å². The summed E-state index contributed by atoms with van der Waals surface area (Å²) in [7, 11) is 1.26. The molecule has 1 N–H and O–H groups in total. The van der Waals surface area contributed by atoms with Crippen LogP contribution in [0, 0.1) is 12.7 Å². The van der Waals surface area contributed by atoms with Gasteiger partial charge >= 0.3 is 5.97 Å². The molecule has 0 unspecified atom stereocenters. The summed E-state index contributed by atoms with van der Waals surface area (Å²) in [6.07, 6.45) is 0. The van der Waals surface area contributed by atoms with E-state index < -0.39 is 11.9 Å². The largest absolute Gasteiger partial charge is 0.483 e. The molecule has 0 atom stereocenters. The second-order valence-electron chi connectivity index (χ2n) is 6.10. The molecule has 3 rings (SSSR count). The Morgan fingerprint density at radius 3 is 2.55 bits per heavy atom. The lowest BCUT2D eigenvalue weighted by atomic mass is 10.0. The number of nitrogens with one attached hydrogen (secondary N) is 1. The number of benzene rings is 2. The molecule has 1 aromatic heterocycles. The van der Waals surface area contributed by atoms with Crippen LogP contribution in [0.5, 0.6) is 5.75 Å². The topological polar surface area (TPSA) is 64.6 Å². The minimum Gasteiger partial charge on any atom is -0.483 e. The monoisotopic (exact) mass is 433 g/mol. The maximum atomic E-state index is 13.2. The van der Waals surface area contributed by atoms with Crippen LogP contribution >= 0.6 is 22.9 Å². The number of carbonyl (C=O) groups excluding carboxylic acids is 2. The van der Waals surface area contributed by atoms with Crippen LogP contribution in [0.15, 0.2) is 47.8 Å². The van der Waals surface area contributed by atoms with E-state index >= 15 is 0 Å². The van der Waals surface area contributed by atoms with E-state index in [0.29, 0.717) is 26.9 Å². The maximum absolute atomic E-state index is 13.2. The Morgan fingerprint density at radius 1 is 1.17 bits per heavy atom. The molecule has 0 saturated carbocycles. The average Bonchev–Trinajstić information content (AvgIpc) is 3.10. The minimum atomic E-state index is -0.602. The van der Waals surface area contributed by atoms with Gasteiger partial charge in [-0.15, -0.1) is 11.3 Å². The van der Waals surface area contributed by atoms with E-state index in [0.717, 1.165) is 5.56 Å². The van der Waals surface area contributed by atoms with Crippen LogP contribution in [0.4, 0.5) is 9.39 Å². The van der Waals surface area contributed by atoms with Crippen LogP contribution < -0.4 is 10.1 Å². The van der Waals surface area contributed by atoms with Crippen molar-refractivity contribution < 1.29 is 23.5 Å². The summed E-state index contributed by atoms with van der Waals surface area (Å²) in [6, 6.07) is 10.8. The molecule has 29 heavy (non-hydrogen) atoms. The third-order valence-electron chi connectivity index (χ3n) is 4.08. The van der Waals surface area contributed by atoms with Crippen LogP contribution in [-0.4, -0.2) is 25.6 Å². The Morgan fingerprint density at radius 2 is 1.90 bits per heavy atom. The Labute approximate surface area is 176 Å². The molecule has 0 aliphatic heterocycles. The van der Waals surface area contributed by atoms with E-state index in [2.05, 4.69) is 5.32 Å². The minimum absolute atomic E-state index is 0.208. The van der Waals surface area contributed by atoms with Gasteiger partial charge in [0, 0.05) is 16.0 Å². The third kappa shape index (κ3) is 4.93. The van der Waals surface area contributed by atoms with Crippen molar-refractivity contribution in [3.63, 3.8) is 0 Å². The lowest BCUT2D eigenvalue weighted by Gasteiger charge is -2.10. The number of halogens is 2. The number of aryl methyl sites for hydroxylation is 1. The van der Waals surface area contributed by atoms with E-state index in [-0.39, 0.29) is 18.0 Å². The van der Waals surface area contributed by atoms with E-state index in [9.17, 15) is 14.0 Å². The summed E-state index contributed by atoms with van der Waals surface area (Å²) in [5.74, 6) is -0.880. The van der Waals surface area contributed by atoms with Gasteiger partial charge in [0.1, 0.15) is 22.1 Å². The molecule has 150 valence electrons. The van der Waals surface area contributed by atoms with Crippen molar-refractivity contribution in [2.45, 2.75) is 6.92 Å². The number of ether oxygens (including phenoxy) is 2. The first-order chi connectivity index (χ1) is 13.9. The second kappa shape index (κ2) is 9.07. The highest BCUT2D eigenvalue weighted by atomic mass is 35.5. The second-order valence-corrected chi connectivity index (χ2v) is 7.41. The number of hydrogen-bond donors (Lipinski definition) is 1. The van der Waals surface area contributed by atoms with Crippen LogP contribution in [0.2, 0.25) is 5.02 Å². The van der Waals surface area contributed by atoms with Gasteiger partial charge in [-0.05, 0) is 48.4 Å². The standard InChI is InChI=1S/C21H17ClFNO4S/c1-12-9-14(22)5-8-17(12)28-10-18(25)24-20-19(21(26)27-2)16(11-29-20)13-3-6-15(23)7-4-13/h3-9,11H,10H2,1-2H3,(H,24,25). The van der Waals surface area contributed by atoms with E-state index in [1.807, 2.05) is 6.92 Å². The number of hydrogen-bond acceptors (Lipinski definition) is 5. The highest BCUT2D eigenvalue weighted by Crippen LogP contribution is 2.36. The summed E-state index contributed by atoms with van der Waals surface area (Å²) in [4.78, 5) is 24.7. The molecule has 0 radical (unpaired) electrons. The predicted octanol–water partition coefficient (Wildman–Crippen LogP) is 5.32. The maximum Gasteiger partial charge on any atom is 0.341 e. The lowest BCUT2D eigenvalue weighted by Crippen LogP contribution is -2.21. The molecule has 0 aliphatic carbocycles. The Balaban J connectivity index is 1.78. The van der Waals surface area contributed by atoms with Gasteiger partial charge in [0.25, 0.3) is 5.91 Å². The Kier molecular flexibility index (Phi) is 6.51. The highest BCUT2D eigenvalue weighted by molar-refractivity contribution is 7.15. The SMILES string of the molecule is COC(=O)c1c(-c2ccc(F)cc2)csc1NC(=O)COc1ccc(Cl)cc1C. The molecule has 1 amide bonds. The van der Waals surface area contributed by atoms with E-state index in [4.69, 9.17) is 21.1 Å². The number of methoxy groups -OCH3 is 1. The zero-order valence-corrected chi connectivity index (χ0v) is 17.2. The lowest BCUT2D eigenvalue weighted by molar-refractivity contribution is -0.118. The molecule has 5 nitrogen and oxygen atoms in total. The molecule has 0 saturated heterocycles. The van der Waals surface area contributed by atoms with Crippen molar-refractivity contribution in [3.8, 4) is 16.9 Å². The number of esters is 1. The first-order valence-electron chi connectivity index (χ1n) is 8.53. The van der Waals surface area contributed by atoms with Crippen molar-refractivity contribution in [2.24, 2.45) is 0 Å². The molecule has 0 aliphatic rings. The first-order valence-corrected chi connectivity index (χ1v) is 9.79. The van der Waals surface area contributed by atoms with Gasteiger partial charge < -0.3 is 14.8 Å². The normalized spacial score (nSPS) is 10.5. The molecule has 8 heteroatoms. The van der Waals surface area contributed by atoms with Gasteiger partial charge in [-0.3, -0.25) is 4.79 Å². The number of amides is 1. The van der Waals surface area contributed by atoms with Crippen LogP contribution in [0.3, 0.4) is 0 Å². The molecular formula is C21H17ClFNO4S. The van der Waals surface area contributed by atoms with Crippen molar-refractivity contribution in [2.75, 3.05) is 19.0 Å². The van der Waals surface area contributed by atoms with Gasteiger partial charge in [-0.1, -0.05) is 23.7 Å². The third-order valence-corrected chi connectivity index (χ3v) is 5.22. The average molecular weight is 434 g/mol. The van der Waals surface area contributed by atoms with Crippen molar-refractivity contribution in [1.82, 2.24) is 0 Å². The zero-order valence-electron chi connectivity index (χ0n) is 15.6. The molecule has 2 aromatic carbocycles. The summed E-state index contributed by atoms with van der Waals surface area (Å²) in [5, 5.41) is 5.30. The summed E-state index contributed by atoms with van der Waals surface area (Å²) in [5.41, 5.74) is 2.19. The fourth-order valence-corrected chi connectivity index (χ4v) is 3.88.